The molecule has 0 saturated carbocycles. The molecule has 0 spiro atoms. The number of aromatic nitrogens is 1. The number of H-pyrrole nitrogens is 1. The van der Waals surface area contributed by atoms with Crippen LogP contribution in [0.4, 0.5) is 0 Å². The fourth-order valence-electron chi connectivity index (χ4n) is 1.11. The van der Waals surface area contributed by atoms with E-state index in [2.05, 4.69) is 4.98 Å². The summed E-state index contributed by atoms with van der Waals surface area (Å²) in [4.78, 5) is 13.6. The summed E-state index contributed by atoms with van der Waals surface area (Å²) in [6, 6.07) is 9.30. The lowest BCUT2D eigenvalue weighted by molar-refractivity contribution is 0.458. The van der Waals surface area contributed by atoms with Crippen LogP contribution >= 0.6 is 11.3 Å². The Bertz CT molecular complexity index is 458. The number of hydrogen-bond acceptors (Lipinski definition) is 3. The molecule has 0 amide bonds. The standard InChI is InChI=1S/C9H7NO2S/c11-8-7(13-9(12)10-8)6-4-2-1-3-5-6/h1-5,11H,(H,10,12). The summed E-state index contributed by atoms with van der Waals surface area (Å²) in [6.45, 7) is 0. The second kappa shape index (κ2) is 3.06. The van der Waals surface area contributed by atoms with Crippen molar-refractivity contribution in [1.82, 2.24) is 4.98 Å². The van der Waals surface area contributed by atoms with Gasteiger partial charge in [0.1, 0.15) is 0 Å². The lowest BCUT2D eigenvalue weighted by Gasteiger charge is -1.95. The van der Waals surface area contributed by atoms with Gasteiger partial charge in [0.25, 0.3) is 0 Å². The third kappa shape index (κ3) is 1.48. The smallest absolute Gasteiger partial charge is 0.307 e. The molecule has 3 nitrogen and oxygen atoms in total. The number of aromatic amines is 1. The van der Waals surface area contributed by atoms with Crippen LogP contribution in [0.15, 0.2) is 35.1 Å². The molecule has 4 heteroatoms. The number of rotatable bonds is 1. The second-order valence-electron chi connectivity index (χ2n) is 2.56. The number of thiazole rings is 1. The lowest BCUT2D eigenvalue weighted by atomic mass is 10.2. The zero-order valence-electron chi connectivity index (χ0n) is 6.65. The Hall–Kier alpha value is -1.55. The van der Waals surface area contributed by atoms with Gasteiger partial charge in [0.05, 0.1) is 4.88 Å². The Morgan fingerprint density at radius 3 is 2.46 bits per heavy atom. The van der Waals surface area contributed by atoms with Gasteiger partial charge < -0.3 is 5.11 Å². The van der Waals surface area contributed by atoms with Crippen LogP contribution in [0.2, 0.25) is 0 Å². The van der Waals surface area contributed by atoms with Crippen molar-refractivity contribution in [3.05, 3.63) is 40.0 Å². The monoisotopic (exact) mass is 193 g/mol. The first kappa shape index (κ1) is 8.07. The van der Waals surface area contributed by atoms with Crippen LogP contribution in [0.25, 0.3) is 10.4 Å². The summed E-state index contributed by atoms with van der Waals surface area (Å²) in [6.07, 6.45) is 0. The van der Waals surface area contributed by atoms with E-state index < -0.39 is 0 Å². The van der Waals surface area contributed by atoms with Gasteiger partial charge in [-0.15, -0.1) is 0 Å². The molecular weight excluding hydrogens is 186 g/mol. The zero-order chi connectivity index (χ0) is 9.26. The third-order valence-corrected chi connectivity index (χ3v) is 2.59. The summed E-state index contributed by atoms with van der Waals surface area (Å²) in [5.74, 6) is -0.0544. The van der Waals surface area contributed by atoms with Gasteiger partial charge >= 0.3 is 4.87 Å². The van der Waals surface area contributed by atoms with Crippen molar-refractivity contribution < 1.29 is 5.11 Å². The molecule has 13 heavy (non-hydrogen) atoms. The average molecular weight is 193 g/mol. The van der Waals surface area contributed by atoms with Gasteiger partial charge in [-0.2, -0.15) is 0 Å². The summed E-state index contributed by atoms with van der Waals surface area (Å²) in [5.41, 5.74) is 0.850. The minimum atomic E-state index is -0.239. The van der Waals surface area contributed by atoms with E-state index in [4.69, 9.17) is 0 Å². The van der Waals surface area contributed by atoms with Crippen molar-refractivity contribution in [2.45, 2.75) is 0 Å². The molecule has 0 aliphatic heterocycles. The Morgan fingerprint density at radius 1 is 1.23 bits per heavy atom. The first-order chi connectivity index (χ1) is 6.27. The van der Waals surface area contributed by atoms with Crippen LogP contribution in [0.3, 0.4) is 0 Å². The molecule has 1 aromatic carbocycles. The molecular formula is C9H7NO2S. The van der Waals surface area contributed by atoms with Crippen molar-refractivity contribution in [1.29, 1.82) is 0 Å². The van der Waals surface area contributed by atoms with E-state index in [1.54, 1.807) is 0 Å². The molecule has 0 unspecified atom stereocenters. The maximum Gasteiger partial charge on any atom is 0.307 e. The molecule has 1 heterocycles. The summed E-state index contributed by atoms with van der Waals surface area (Å²) >= 11 is 1.01. The Morgan fingerprint density at radius 2 is 1.92 bits per heavy atom. The Balaban J connectivity index is 2.59. The molecule has 0 radical (unpaired) electrons. The largest absolute Gasteiger partial charge is 0.493 e. The van der Waals surface area contributed by atoms with Crippen molar-refractivity contribution in [3.8, 4) is 16.3 Å². The first-order valence-corrected chi connectivity index (χ1v) is 4.56. The fourth-order valence-corrected chi connectivity index (χ4v) is 1.84. The van der Waals surface area contributed by atoms with Crippen LogP contribution in [-0.4, -0.2) is 10.1 Å². The van der Waals surface area contributed by atoms with E-state index in [0.717, 1.165) is 16.9 Å². The summed E-state index contributed by atoms with van der Waals surface area (Å²) in [7, 11) is 0. The molecule has 0 saturated heterocycles. The number of aromatic hydroxyl groups is 1. The number of hydrogen-bond donors (Lipinski definition) is 2. The van der Waals surface area contributed by atoms with Crippen molar-refractivity contribution in [3.63, 3.8) is 0 Å². The van der Waals surface area contributed by atoms with E-state index in [-0.39, 0.29) is 10.8 Å². The van der Waals surface area contributed by atoms with E-state index in [0.29, 0.717) is 4.88 Å². The van der Waals surface area contributed by atoms with Crippen LogP contribution < -0.4 is 4.87 Å². The maximum atomic E-state index is 10.9. The molecule has 0 atom stereocenters. The molecule has 1 aromatic heterocycles. The quantitative estimate of drug-likeness (QED) is 0.725. The van der Waals surface area contributed by atoms with Gasteiger partial charge in [-0.25, -0.2) is 0 Å². The summed E-state index contributed by atoms with van der Waals surface area (Å²) < 4.78 is 0. The van der Waals surface area contributed by atoms with Crippen molar-refractivity contribution in [2.75, 3.05) is 0 Å². The van der Waals surface area contributed by atoms with Crippen LogP contribution in [0.5, 0.6) is 5.88 Å². The fraction of sp³-hybridized carbons (Fsp3) is 0. The maximum absolute atomic E-state index is 10.9. The first-order valence-electron chi connectivity index (χ1n) is 3.75. The lowest BCUT2D eigenvalue weighted by Crippen LogP contribution is -1.89. The predicted octanol–water partition coefficient (Wildman–Crippen LogP) is 1.81. The molecule has 0 fully saturated rings. The van der Waals surface area contributed by atoms with E-state index in [1.807, 2.05) is 30.3 Å². The highest BCUT2D eigenvalue weighted by Gasteiger charge is 2.07. The number of nitrogens with one attached hydrogen (secondary N) is 1. The van der Waals surface area contributed by atoms with Crippen molar-refractivity contribution in [2.24, 2.45) is 0 Å². The molecule has 0 aliphatic carbocycles. The third-order valence-electron chi connectivity index (χ3n) is 1.67. The topological polar surface area (TPSA) is 53.1 Å². The zero-order valence-corrected chi connectivity index (χ0v) is 7.47. The molecule has 2 rings (SSSR count). The van der Waals surface area contributed by atoms with Gasteiger partial charge in [-0.05, 0) is 5.56 Å². The van der Waals surface area contributed by atoms with Crippen LogP contribution in [0, 0.1) is 0 Å². The van der Waals surface area contributed by atoms with Crippen molar-refractivity contribution >= 4 is 11.3 Å². The SMILES string of the molecule is O=c1[nH]c(O)c(-c2ccccc2)s1. The highest BCUT2D eigenvalue weighted by molar-refractivity contribution is 7.13. The highest BCUT2D eigenvalue weighted by Crippen LogP contribution is 2.28. The molecule has 0 aliphatic rings. The van der Waals surface area contributed by atoms with Gasteiger partial charge in [0, 0.05) is 0 Å². The van der Waals surface area contributed by atoms with Crippen LogP contribution in [0.1, 0.15) is 0 Å². The molecule has 0 bridgehead atoms. The van der Waals surface area contributed by atoms with E-state index in [1.165, 1.54) is 0 Å². The van der Waals surface area contributed by atoms with Gasteiger partial charge in [0.2, 0.25) is 5.88 Å². The van der Waals surface area contributed by atoms with E-state index in [9.17, 15) is 9.90 Å². The molecule has 2 aromatic rings. The highest BCUT2D eigenvalue weighted by atomic mass is 32.1. The molecule has 2 N–H and O–H groups in total. The Kier molecular flexibility index (Phi) is 1.90. The average Bonchev–Trinajstić information content (AvgIpc) is 2.47. The Labute approximate surface area is 78.3 Å². The van der Waals surface area contributed by atoms with Gasteiger partial charge in [0.15, 0.2) is 0 Å². The van der Waals surface area contributed by atoms with Gasteiger partial charge in [-0.1, -0.05) is 41.7 Å². The van der Waals surface area contributed by atoms with Gasteiger partial charge in [-0.3, -0.25) is 9.78 Å². The molecule has 66 valence electrons. The summed E-state index contributed by atoms with van der Waals surface area (Å²) in [5, 5.41) is 9.34. The van der Waals surface area contributed by atoms with Crippen LogP contribution in [-0.2, 0) is 0 Å². The second-order valence-corrected chi connectivity index (χ2v) is 3.54. The minimum absolute atomic E-state index is 0.0544. The van der Waals surface area contributed by atoms with E-state index >= 15 is 0 Å². The predicted molar refractivity (Wildman–Crippen MR) is 52.0 cm³/mol. The normalized spacial score (nSPS) is 10.2. The number of benzene rings is 1. The minimum Gasteiger partial charge on any atom is -0.493 e.